The molecule has 1 aromatic carbocycles. The Kier molecular flexibility index (Phi) is 2.83. The minimum atomic E-state index is -0.383. The van der Waals surface area contributed by atoms with Gasteiger partial charge < -0.3 is 5.32 Å². The molecule has 0 spiro atoms. The Labute approximate surface area is 98.2 Å². The van der Waals surface area contributed by atoms with Crippen LogP contribution < -0.4 is 10.2 Å². The van der Waals surface area contributed by atoms with Gasteiger partial charge in [0.2, 0.25) is 5.91 Å². The lowest BCUT2D eigenvalue weighted by molar-refractivity contribution is -0.118. The first-order valence-electron chi connectivity index (χ1n) is 4.97. The van der Waals surface area contributed by atoms with E-state index in [1.807, 2.05) is 0 Å². The smallest absolute Gasteiger partial charge is 0.328 e. The first-order valence-corrected chi connectivity index (χ1v) is 5.35. The first kappa shape index (κ1) is 11.0. The molecule has 0 saturated carbocycles. The summed E-state index contributed by atoms with van der Waals surface area (Å²) >= 11 is 5.74. The molecule has 1 saturated heterocycles. The van der Waals surface area contributed by atoms with Gasteiger partial charge in [-0.1, -0.05) is 11.6 Å². The molecule has 1 aliphatic heterocycles. The van der Waals surface area contributed by atoms with Crippen LogP contribution >= 0.6 is 11.6 Å². The predicted octanol–water partition coefficient (Wildman–Crippen LogP) is 2.17. The zero-order valence-corrected chi connectivity index (χ0v) is 9.49. The van der Waals surface area contributed by atoms with Crippen molar-refractivity contribution in [1.29, 1.82) is 0 Å². The first-order chi connectivity index (χ1) is 7.58. The van der Waals surface area contributed by atoms with Gasteiger partial charge in [-0.15, -0.1) is 0 Å². The molecule has 0 aliphatic carbocycles. The van der Waals surface area contributed by atoms with Crippen LogP contribution in [0.3, 0.4) is 0 Å². The molecule has 0 radical (unpaired) electrons. The molecule has 1 N–H and O–H groups in total. The fourth-order valence-electron chi connectivity index (χ4n) is 1.64. The predicted molar refractivity (Wildman–Crippen MR) is 61.5 cm³/mol. The number of imide groups is 1. The van der Waals surface area contributed by atoms with Crippen molar-refractivity contribution in [2.45, 2.75) is 19.4 Å². The summed E-state index contributed by atoms with van der Waals surface area (Å²) in [5, 5.41) is 3.28. The number of amides is 3. The number of nitrogens with one attached hydrogen (secondary N) is 1. The number of nitrogens with zero attached hydrogens (tertiary/aromatic N) is 1. The minimum absolute atomic E-state index is 0.108. The molecule has 1 fully saturated rings. The molecule has 4 nitrogen and oxygen atoms in total. The molecule has 1 aliphatic rings. The van der Waals surface area contributed by atoms with Gasteiger partial charge in [-0.25, -0.2) is 9.69 Å². The van der Waals surface area contributed by atoms with Crippen LogP contribution in [-0.2, 0) is 4.79 Å². The number of rotatable bonds is 1. The molecular weight excluding hydrogens is 228 g/mol. The summed E-state index contributed by atoms with van der Waals surface area (Å²) in [4.78, 5) is 24.5. The van der Waals surface area contributed by atoms with Gasteiger partial charge in [0.05, 0.1) is 5.69 Å². The van der Waals surface area contributed by atoms with E-state index in [-0.39, 0.29) is 18.0 Å². The second kappa shape index (κ2) is 4.14. The highest BCUT2D eigenvalue weighted by molar-refractivity contribution is 6.30. The fraction of sp³-hybridized carbons (Fsp3) is 0.273. The van der Waals surface area contributed by atoms with Crippen molar-refractivity contribution < 1.29 is 9.59 Å². The fourth-order valence-corrected chi connectivity index (χ4v) is 1.77. The van der Waals surface area contributed by atoms with Crippen LogP contribution in [0.5, 0.6) is 0 Å². The van der Waals surface area contributed by atoms with Gasteiger partial charge in [0.15, 0.2) is 0 Å². The third-order valence-corrected chi connectivity index (χ3v) is 2.64. The van der Waals surface area contributed by atoms with Gasteiger partial charge in [0, 0.05) is 17.5 Å². The van der Waals surface area contributed by atoms with E-state index >= 15 is 0 Å². The van der Waals surface area contributed by atoms with Crippen LogP contribution in [0.25, 0.3) is 0 Å². The zero-order chi connectivity index (χ0) is 11.7. The van der Waals surface area contributed by atoms with Gasteiger partial charge in [-0.05, 0) is 31.2 Å². The number of halogens is 1. The molecule has 3 amide bonds. The number of carbonyl (C=O) groups is 2. The number of hydrogen-bond acceptors (Lipinski definition) is 2. The van der Waals surface area contributed by atoms with Crippen LogP contribution in [0.1, 0.15) is 13.3 Å². The molecule has 1 heterocycles. The Morgan fingerprint density at radius 2 is 1.94 bits per heavy atom. The van der Waals surface area contributed by atoms with Crippen LogP contribution in [0.15, 0.2) is 24.3 Å². The van der Waals surface area contributed by atoms with Crippen molar-refractivity contribution in [2.24, 2.45) is 0 Å². The van der Waals surface area contributed by atoms with Gasteiger partial charge >= 0.3 is 6.03 Å². The Morgan fingerprint density at radius 1 is 1.31 bits per heavy atom. The van der Waals surface area contributed by atoms with E-state index in [0.717, 1.165) is 4.90 Å². The molecule has 1 aromatic rings. The molecule has 16 heavy (non-hydrogen) atoms. The summed E-state index contributed by atoms with van der Waals surface area (Å²) < 4.78 is 0. The molecule has 0 aromatic heterocycles. The van der Waals surface area contributed by atoms with E-state index in [4.69, 9.17) is 11.6 Å². The number of hydrogen-bond donors (Lipinski definition) is 1. The Bertz CT molecular complexity index is 412. The van der Waals surface area contributed by atoms with Gasteiger partial charge in [0.1, 0.15) is 0 Å². The topological polar surface area (TPSA) is 49.4 Å². The average Bonchev–Trinajstić information content (AvgIpc) is 2.19. The van der Waals surface area contributed by atoms with Crippen molar-refractivity contribution in [3.05, 3.63) is 29.3 Å². The standard InChI is InChI=1S/C11H11ClN2O2/c1-7-6-10(15)14(11(16)13-7)9-4-2-8(12)3-5-9/h2-5,7H,6H2,1H3,(H,13,16). The highest BCUT2D eigenvalue weighted by atomic mass is 35.5. The quantitative estimate of drug-likeness (QED) is 0.815. The van der Waals surface area contributed by atoms with E-state index in [1.54, 1.807) is 31.2 Å². The highest BCUT2D eigenvalue weighted by Crippen LogP contribution is 2.21. The molecule has 2 rings (SSSR count). The van der Waals surface area contributed by atoms with E-state index in [9.17, 15) is 9.59 Å². The van der Waals surface area contributed by atoms with Gasteiger partial charge in [0.25, 0.3) is 0 Å². The summed E-state index contributed by atoms with van der Waals surface area (Å²) in [6.45, 7) is 1.80. The van der Waals surface area contributed by atoms with Crippen molar-refractivity contribution in [2.75, 3.05) is 4.90 Å². The second-order valence-corrected chi connectivity index (χ2v) is 4.20. The number of anilines is 1. The zero-order valence-electron chi connectivity index (χ0n) is 8.74. The monoisotopic (exact) mass is 238 g/mol. The summed E-state index contributed by atoms with van der Waals surface area (Å²) in [7, 11) is 0. The number of carbonyl (C=O) groups excluding carboxylic acids is 2. The van der Waals surface area contributed by atoms with Crippen molar-refractivity contribution in [3.63, 3.8) is 0 Å². The number of benzene rings is 1. The van der Waals surface area contributed by atoms with Crippen LogP contribution in [0.4, 0.5) is 10.5 Å². The van der Waals surface area contributed by atoms with Crippen LogP contribution in [0, 0.1) is 0 Å². The van der Waals surface area contributed by atoms with Gasteiger partial charge in [-0.3, -0.25) is 4.79 Å². The Hall–Kier alpha value is -1.55. The average molecular weight is 239 g/mol. The molecule has 1 atom stereocenters. The van der Waals surface area contributed by atoms with E-state index < -0.39 is 0 Å². The molecule has 5 heteroatoms. The summed E-state index contributed by atoms with van der Waals surface area (Å²) in [6, 6.07) is 6.10. The number of urea groups is 1. The third-order valence-electron chi connectivity index (χ3n) is 2.39. The summed E-state index contributed by atoms with van der Waals surface area (Å²) in [5.41, 5.74) is 0.541. The third kappa shape index (κ3) is 2.02. The van der Waals surface area contributed by atoms with E-state index in [0.29, 0.717) is 17.1 Å². The summed E-state index contributed by atoms with van der Waals surface area (Å²) in [5.74, 6) is -0.196. The van der Waals surface area contributed by atoms with Crippen LogP contribution in [0.2, 0.25) is 5.02 Å². The molecular formula is C11H11ClN2O2. The van der Waals surface area contributed by atoms with Crippen molar-refractivity contribution in [1.82, 2.24) is 5.32 Å². The lowest BCUT2D eigenvalue weighted by Crippen LogP contribution is -2.54. The van der Waals surface area contributed by atoms with Gasteiger partial charge in [-0.2, -0.15) is 0 Å². The van der Waals surface area contributed by atoms with Crippen molar-refractivity contribution in [3.8, 4) is 0 Å². The second-order valence-electron chi connectivity index (χ2n) is 3.76. The molecule has 84 valence electrons. The lowest BCUT2D eigenvalue weighted by Gasteiger charge is -2.29. The largest absolute Gasteiger partial charge is 0.334 e. The van der Waals surface area contributed by atoms with Crippen molar-refractivity contribution >= 4 is 29.2 Å². The summed E-state index contributed by atoms with van der Waals surface area (Å²) in [6.07, 6.45) is 0.314. The minimum Gasteiger partial charge on any atom is -0.334 e. The lowest BCUT2D eigenvalue weighted by atomic mass is 10.1. The van der Waals surface area contributed by atoms with E-state index in [1.165, 1.54) is 0 Å². The Balaban J connectivity index is 2.29. The maximum absolute atomic E-state index is 11.7. The molecule has 1 unspecified atom stereocenters. The maximum atomic E-state index is 11.7. The normalized spacial score (nSPS) is 20.9. The Morgan fingerprint density at radius 3 is 2.50 bits per heavy atom. The maximum Gasteiger partial charge on any atom is 0.328 e. The van der Waals surface area contributed by atoms with E-state index in [2.05, 4.69) is 5.32 Å². The molecule has 0 bridgehead atoms. The van der Waals surface area contributed by atoms with Crippen LogP contribution in [-0.4, -0.2) is 18.0 Å². The SMILES string of the molecule is CC1CC(=O)N(c2ccc(Cl)cc2)C(=O)N1. The highest BCUT2D eigenvalue weighted by Gasteiger charge is 2.30.